The summed E-state index contributed by atoms with van der Waals surface area (Å²) in [5, 5.41) is 11.8. The highest BCUT2D eigenvalue weighted by Crippen LogP contribution is 2.22. The van der Waals surface area contributed by atoms with Crippen LogP contribution in [0.25, 0.3) is 11.3 Å². The van der Waals surface area contributed by atoms with Gasteiger partial charge in [0.15, 0.2) is 5.82 Å². The predicted molar refractivity (Wildman–Crippen MR) is 118 cm³/mol. The quantitative estimate of drug-likeness (QED) is 0.673. The highest BCUT2D eigenvalue weighted by atomic mass is 16.5. The molecule has 0 aliphatic carbocycles. The van der Waals surface area contributed by atoms with Gasteiger partial charge in [0.2, 0.25) is 0 Å². The van der Waals surface area contributed by atoms with Crippen molar-refractivity contribution in [3.05, 3.63) is 71.8 Å². The number of nitrogens with one attached hydrogen (secondary N) is 1. The smallest absolute Gasteiger partial charge is 0.251 e. The maximum Gasteiger partial charge on any atom is 0.251 e. The van der Waals surface area contributed by atoms with Crippen LogP contribution in [-0.4, -0.2) is 36.3 Å². The molecule has 0 saturated carbocycles. The first-order valence-corrected chi connectivity index (χ1v) is 10.3. The number of rotatable bonds is 6. The van der Waals surface area contributed by atoms with Crippen LogP contribution < -0.4 is 15.0 Å². The third-order valence-corrected chi connectivity index (χ3v) is 5.34. The zero-order valence-electron chi connectivity index (χ0n) is 17.2. The molecule has 30 heavy (non-hydrogen) atoms. The Morgan fingerprint density at radius 2 is 1.83 bits per heavy atom. The van der Waals surface area contributed by atoms with Gasteiger partial charge in [-0.2, -0.15) is 0 Å². The molecule has 0 unspecified atom stereocenters. The largest absolute Gasteiger partial charge is 0.497 e. The maximum absolute atomic E-state index is 12.6. The summed E-state index contributed by atoms with van der Waals surface area (Å²) in [5.41, 5.74) is 3.22. The van der Waals surface area contributed by atoms with Crippen molar-refractivity contribution < 1.29 is 9.53 Å². The Bertz CT molecular complexity index is 998. The summed E-state index contributed by atoms with van der Waals surface area (Å²) in [4.78, 5) is 14.9. The van der Waals surface area contributed by atoms with E-state index in [1.807, 2.05) is 54.6 Å². The van der Waals surface area contributed by atoms with Gasteiger partial charge in [0.05, 0.1) is 12.8 Å². The summed E-state index contributed by atoms with van der Waals surface area (Å²) in [6.07, 6.45) is 3.70. The van der Waals surface area contributed by atoms with E-state index in [2.05, 4.69) is 20.4 Å². The number of carbonyl (C=O) groups is 1. The van der Waals surface area contributed by atoms with Gasteiger partial charge in [-0.25, -0.2) is 0 Å². The molecule has 2 heterocycles. The van der Waals surface area contributed by atoms with Crippen LogP contribution in [0.4, 0.5) is 5.82 Å². The Labute approximate surface area is 176 Å². The first kappa shape index (κ1) is 19.9. The van der Waals surface area contributed by atoms with Crippen molar-refractivity contribution in [3.63, 3.8) is 0 Å². The van der Waals surface area contributed by atoms with E-state index in [1.54, 1.807) is 13.2 Å². The van der Waals surface area contributed by atoms with E-state index < -0.39 is 0 Å². The van der Waals surface area contributed by atoms with E-state index in [4.69, 9.17) is 4.74 Å². The van der Waals surface area contributed by atoms with Gasteiger partial charge in [0.25, 0.3) is 5.91 Å². The van der Waals surface area contributed by atoms with Crippen molar-refractivity contribution in [3.8, 4) is 17.0 Å². The van der Waals surface area contributed by atoms with E-state index in [0.29, 0.717) is 12.1 Å². The lowest BCUT2D eigenvalue weighted by Gasteiger charge is -2.27. The SMILES string of the molecule is COc1cccc(CNC(=O)c2cccc(-c3ccc(N4CCCCC4)nn3)c2)c1. The molecule has 0 spiro atoms. The number of aromatic nitrogens is 2. The highest BCUT2D eigenvalue weighted by Gasteiger charge is 2.13. The number of hydrogen-bond acceptors (Lipinski definition) is 5. The third kappa shape index (κ3) is 4.76. The van der Waals surface area contributed by atoms with Gasteiger partial charge >= 0.3 is 0 Å². The van der Waals surface area contributed by atoms with Crippen LogP contribution in [0.3, 0.4) is 0 Å². The summed E-state index contributed by atoms with van der Waals surface area (Å²) in [5.74, 6) is 1.57. The molecule has 1 aliphatic rings. The van der Waals surface area contributed by atoms with Crippen molar-refractivity contribution in [1.82, 2.24) is 15.5 Å². The normalized spacial score (nSPS) is 13.7. The van der Waals surface area contributed by atoms with Gasteiger partial charge in [-0.15, -0.1) is 10.2 Å². The number of carbonyl (C=O) groups excluding carboxylic acids is 1. The molecule has 6 nitrogen and oxygen atoms in total. The number of nitrogens with zero attached hydrogens (tertiary/aromatic N) is 3. The second-order valence-corrected chi connectivity index (χ2v) is 7.44. The Kier molecular flexibility index (Phi) is 6.23. The van der Waals surface area contributed by atoms with E-state index in [9.17, 15) is 4.79 Å². The number of anilines is 1. The van der Waals surface area contributed by atoms with Crippen LogP contribution >= 0.6 is 0 Å². The Morgan fingerprint density at radius 3 is 2.60 bits per heavy atom. The van der Waals surface area contributed by atoms with Crippen molar-refractivity contribution >= 4 is 11.7 Å². The average molecular weight is 402 g/mol. The molecule has 0 bridgehead atoms. The molecule has 4 rings (SSSR count). The average Bonchev–Trinajstić information content (AvgIpc) is 2.83. The fraction of sp³-hybridized carbons (Fsp3) is 0.292. The summed E-state index contributed by atoms with van der Waals surface area (Å²) in [7, 11) is 1.63. The van der Waals surface area contributed by atoms with Gasteiger partial charge in [-0.1, -0.05) is 24.3 Å². The molecule has 1 N–H and O–H groups in total. The molecule has 154 valence electrons. The lowest BCUT2D eigenvalue weighted by atomic mass is 10.1. The summed E-state index contributed by atoms with van der Waals surface area (Å²) in [6, 6.07) is 19.1. The van der Waals surface area contributed by atoms with E-state index >= 15 is 0 Å². The Balaban J connectivity index is 1.43. The fourth-order valence-corrected chi connectivity index (χ4v) is 3.66. The van der Waals surface area contributed by atoms with Crippen LogP contribution in [0, 0.1) is 0 Å². The first-order valence-electron chi connectivity index (χ1n) is 10.3. The standard InChI is InChI=1S/C24H26N4O2/c1-30-21-10-5-7-18(15-21)17-25-24(29)20-9-6-8-19(16-20)22-11-12-23(27-26-22)28-13-3-2-4-14-28/h5-12,15-16H,2-4,13-14,17H2,1H3,(H,25,29). The second kappa shape index (κ2) is 9.39. The molecule has 1 aliphatic heterocycles. The van der Waals surface area contributed by atoms with E-state index in [-0.39, 0.29) is 5.91 Å². The van der Waals surface area contributed by atoms with Gasteiger partial charge in [0.1, 0.15) is 5.75 Å². The molecule has 1 fully saturated rings. The summed E-state index contributed by atoms with van der Waals surface area (Å²) < 4.78 is 5.23. The number of hydrogen-bond donors (Lipinski definition) is 1. The van der Waals surface area contributed by atoms with Crippen LogP contribution in [0.15, 0.2) is 60.7 Å². The zero-order valence-corrected chi connectivity index (χ0v) is 17.2. The van der Waals surface area contributed by atoms with Gasteiger partial charge < -0.3 is 15.0 Å². The summed E-state index contributed by atoms with van der Waals surface area (Å²) in [6.45, 7) is 2.51. The number of methoxy groups -OCH3 is 1. The second-order valence-electron chi connectivity index (χ2n) is 7.44. The van der Waals surface area contributed by atoms with Gasteiger partial charge in [-0.3, -0.25) is 4.79 Å². The molecule has 6 heteroatoms. The zero-order chi connectivity index (χ0) is 20.8. The van der Waals surface area contributed by atoms with Crippen molar-refractivity contribution in [1.29, 1.82) is 0 Å². The van der Waals surface area contributed by atoms with Crippen molar-refractivity contribution in [2.45, 2.75) is 25.8 Å². The molecule has 1 amide bonds. The number of piperidine rings is 1. The third-order valence-electron chi connectivity index (χ3n) is 5.34. The fourth-order valence-electron chi connectivity index (χ4n) is 3.66. The summed E-state index contributed by atoms with van der Waals surface area (Å²) >= 11 is 0. The lowest BCUT2D eigenvalue weighted by Crippen LogP contribution is -2.30. The minimum atomic E-state index is -0.127. The molecule has 1 saturated heterocycles. The van der Waals surface area contributed by atoms with E-state index in [0.717, 1.165) is 41.5 Å². The molecule has 0 atom stereocenters. The predicted octanol–water partition coefficient (Wildman–Crippen LogP) is 4.07. The topological polar surface area (TPSA) is 67.3 Å². The molecular formula is C24H26N4O2. The van der Waals surface area contributed by atoms with Crippen LogP contribution in [0.2, 0.25) is 0 Å². The molecule has 0 radical (unpaired) electrons. The molecule has 2 aromatic carbocycles. The number of amides is 1. The molecule has 3 aromatic rings. The Hall–Kier alpha value is -3.41. The first-order chi connectivity index (χ1) is 14.7. The van der Waals surface area contributed by atoms with E-state index in [1.165, 1.54) is 19.3 Å². The highest BCUT2D eigenvalue weighted by molar-refractivity contribution is 5.95. The monoisotopic (exact) mass is 402 g/mol. The molecule has 1 aromatic heterocycles. The minimum Gasteiger partial charge on any atom is -0.497 e. The van der Waals surface area contributed by atoms with Crippen LogP contribution in [0.5, 0.6) is 5.75 Å². The number of benzene rings is 2. The van der Waals surface area contributed by atoms with Crippen LogP contribution in [0.1, 0.15) is 35.2 Å². The van der Waals surface area contributed by atoms with Crippen LogP contribution in [-0.2, 0) is 6.54 Å². The van der Waals surface area contributed by atoms with Gasteiger partial charge in [0, 0.05) is 30.8 Å². The number of ether oxygens (including phenoxy) is 1. The lowest BCUT2D eigenvalue weighted by molar-refractivity contribution is 0.0951. The van der Waals surface area contributed by atoms with Crippen molar-refractivity contribution in [2.75, 3.05) is 25.1 Å². The Morgan fingerprint density at radius 1 is 1.00 bits per heavy atom. The molecular weight excluding hydrogens is 376 g/mol. The minimum absolute atomic E-state index is 0.127. The maximum atomic E-state index is 12.6. The van der Waals surface area contributed by atoms with Crippen molar-refractivity contribution in [2.24, 2.45) is 0 Å². The van der Waals surface area contributed by atoms with Gasteiger partial charge in [-0.05, 0) is 61.2 Å².